The number of hydrogen-bond donors (Lipinski definition) is 1. The SMILES string of the molecule is Cc1nc(NCc2ccc(Cl)cc2)cc(C(=O)N2CCC(C)CC2)n1. The summed E-state index contributed by atoms with van der Waals surface area (Å²) in [6, 6.07) is 9.38. The van der Waals surface area contributed by atoms with E-state index < -0.39 is 0 Å². The average Bonchev–Trinajstić information content (AvgIpc) is 2.61. The molecule has 2 aromatic rings. The average molecular weight is 359 g/mol. The maximum atomic E-state index is 12.7. The minimum atomic E-state index is -0.00746. The molecule has 1 aliphatic rings. The van der Waals surface area contributed by atoms with E-state index in [-0.39, 0.29) is 5.91 Å². The molecule has 1 N–H and O–H groups in total. The molecule has 1 aromatic carbocycles. The fourth-order valence-corrected chi connectivity index (χ4v) is 3.06. The van der Waals surface area contributed by atoms with E-state index >= 15 is 0 Å². The Hall–Kier alpha value is -2.14. The molecule has 2 heterocycles. The monoisotopic (exact) mass is 358 g/mol. The van der Waals surface area contributed by atoms with Crippen LogP contribution in [0, 0.1) is 12.8 Å². The molecule has 0 atom stereocenters. The molecule has 5 nitrogen and oxygen atoms in total. The number of nitrogens with zero attached hydrogens (tertiary/aromatic N) is 3. The van der Waals surface area contributed by atoms with Crippen molar-refractivity contribution in [2.24, 2.45) is 5.92 Å². The molecule has 0 radical (unpaired) electrons. The third-order valence-electron chi connectivity index (χ3n) is 4.51. The standard InChI is InChI=1S/C19H23ClN4O/c1-13-7-9-24(10-8-13)19(25)17-11-18(23-14(2)22-17)21-12-15-3-5-16(20)6-4-15/h3-6,11,13H,7-10,12H2,1-2H3,(H,21,22,23). The molecule has 1 aliphatic heterocycles. The number of aromatic nitrogens is 2. The number of benzene rings is 1. The number of piperidine rings is 1. The van der Waals surface area contributed by atoms with Gasteiger partial charge in [0, 0.05) is 30.7 Å². The molecule has 1 fully saturated rings. The van der Waals surface area contributed by atoms with E-state index in [4.69, 9.17) is 11.6 Å². The van der Waals surface area contributed by atoms with Gasteiger partial charge in [0.15, 0.2) is 0 Å². The highest BCUT2D eigenvalue weighted by molar-refractivity contribution is 6.30. The lowest BCUT2D eigenvalue weighted by atomic mass is 9.99. The number of carbonyl (C=O) groups excluding carboxylic acids is 1. The molecule has 0 spiro atoms. The third kappa shape index (κ3) is 4.69. The Bertz CT molecular complexity index is 740. The first kappa shape index (κ1) is 17.7. The van der Waals surface area contributed by atoms with Crippen molar-refractivity contribution in [2.45, 2.75) is 33.2 Å². The Labute approximate surface area is 153 Å². The van der Waals surface area contributed by atoms with Crippen molar-refractivity contribution < 1.29 is 4.79 Å². The van der Waals surface area contributed by atoms with Gasteiger partial charge in [0.05, 0.1) is 0 Å². The quantitative estimate of drug-likeness (QED) is 0.899. The number of anilines is 1. The van der Waals surface area contributed by atoms with Gasteiger partial charge in [-0.25, -0.2) is 9.97 Å². The second kappa shape index (κ2) is 7.83. The lowest BCUT2D eigenvalue weighted by molar-refractivity contribution is 0.0691. The van der Waals surface area contributed by atoms with Crippen molar-refractivity contribution in [3.8, 4) is 0 Å². The van der Waals surface area contributed by atoms with Crippen LogP contribution in [0.25, 0.3) is 0 Å². The summed E-state index contributed by atoms with van der Waals surface area (Å²) in [6.07, 6.45) is 2.11. The largest absolute Gasteiger partial charge is 0.366 e. The van der Waals surface area contributed by atoms with Gasteiger partial charge in [-0.3, -0.25) is 4.79 Å². The molecule has 1 saturated heterocycles. The van der Waals surface area contributed by atoms with Crippen LogP contribution in [0.1, 0.15) is 41.6 Å². The van der Waals surface area contributed by atoms with Crippen LogP contribution in [0.15, 0.2) is 30.3 Å². The number of aryl methyl sites for hydroxylation is 1. The van der Waals surface area contributed by atoms with Crippen molar-refractivity contribution >= 4 is 23.3 Å². The highest BCUT2D eigenvalue weighted by Gasteiger charge is 2.23. The molecule has 132 valence electrons. The van der Waals surface area contributed by atoms with Crippen molar-refractivity contribution in [3.63, 3.8) is 0 Å². The van der Waals surface area contributed by atoms with Crippen LogP contribution in [0.5, 0.6) is 0 Å². The van der Waals surface area contributed by atoms with E-state index in [1.807, 2.05) is 36.1 Å². The second-order valence-corrected chi connectivity index (χ2v) is 7.08. The molecule has 0 bridgehead atoms. The summed E-state index contributed by atoms with van der Waals surface area (Å²) in [5.74, 6) is 1.94. The van der Waals surface area contributed by atoms with Gasteiger partial charge >= 0.3 is 0 Å². The molecule has 1 aromatic heterocycles. The Kier molecular flexibility index (Phi) is 5.53. The number of hydrogen-bond acceptors (Lipinski definition) is 4. The summed E-state index contributed by atoms with van der Waals surface area (Å²) in [6.45, 7) is 6.26. The first-order valence-corrected chi connectivity index (χ1v) is 9.02. The zero-order valence-corrected chi connectivity index (χ0v) is 15.4. The Balaban J connectivity index is 1.69. The smallest absolute Gasteiger partial charge is 0.272 e. The molecular formula is C19H23ClN4O. The predicted molar refractivity (Wildman–Crippen MR) is 99.8 cm³/mol. The molecule has 25 heavy (non-hydrogen) atoms. The fraction of sp³-hybridized carbons (Fsp3) is 0.421. The molecule has 0 saturated carbocycles. The lowest BCUT2D eigenvalue weighted by Crippen LogP contribution is -2.38. The first-order valence-electron chi connectivity index (χ1n) is 8.64. The van der Waals surface area contributed by atoms with Crippen LogP contribution in [0.2, 0.25) is 5.02 Å². The summed E-state index contributed by atoms with van der Waals surface area (Å²) >= 11 is 5.90. The van der Waals surface area contributed by atoms with Gasteiger partial charge in [-0.1, -0.05) is 30.7 Å². The van der Waals surface area contributed by atoms with Crippen molar-refractivity contribution in [1.82, 2.24) is 14.9 Å². The number of likely N-dealkylation sites (tertiary alicyclic amines) is 1. The zero-order valence-electron chi connectivity index (χ0n) is 14.6. The maximum Gasteiger partial charge on any atom is 0.272 e. The highest BCUT2D eigenvalue weighted by atomic mass is 35.5. The summed E-state index contributed by atoms with van der Waals surface area (Å²) in [5.41, 5.74) is 1.55. The molecule has 0 unspecified atom stereocenters. The minimum Gasteiger partial charge on any atom is -0.366 e. The number of halogens is 1. The highest BCUT2D eigenvalue weighted by Crippen LogP contribution is 2.19. The van der Waals surface area contributed by atoms with E-state index in [0.29, 0.717) is 34.8 Å². The van der Waals surface area contributed by atoms with Crippen LogP contribution in [-0.2, 0) is 6.54 Å². The van der Waals surface area contributed by atoms with Crippen molar-refractivity contribution in [2.75, 3.05) is 18.4 Å². The number of rotatable bonds is 4. The number of amides is 1. The van der Waals surface area contributed by atoms with Crippen LogP contribution < -0.4 is 5.32 Å². The number of nitrogens with one attached hydrogen (secondary N) is 1. The molecule has 3 rings (SSSR count). The molecule has 0 aliphatic carbocycles. The topological polar surface area (TPSA) is 58.1 Å². The van der Waals surface area contributed by atoms with E-state index in [2.05, 4.69) is 22.2 Å². The molecule has 1 amide bonds. The summed E-state index contributed by atoms with van der Waals surface area (Å²) in [5, 5.41) is 3.97. The Morgan fingerprint density at radius 2 is 1.92 bits per heavy atom. The minimum absolute atomic E-state index is 0.00746. The molecular weight excluding hydrogens is 336 g/mol. The van der Waals surface area contributed by atoms with Gasteiger partial charge in [0.1, 0.15) is 17.3 Å². The Morgan fingerprint density at radius 3 is 2.60 bits per heavy atom. The van der Waals surface area contributed by atoms with E-state index in [0.717, 1.165) is 31.5 Å². The van der Waals surface area contributed by atoms with Gasteiger partial charge < -0.3 is 10.2 Å². The van der Waals surface area contributed by atoms with Gasteiger partial charge in [-0.2, -0.15) is 0 Å². The normalized spacial score (nSPS) is 15.2. The maximum absolute atomic E-state index is 12.7. The van der Waals surface area contributed by atoms with E-state index in [9.17, 15) is 4.79 Å². The van der Waals surface area contributed by atoms with Crippen molar-refractivity contribution in [1.29, 1.82) is 0 Å². The van der Waals surface area contributed by atoms with Crippen LogP contribution >= 0.6 is 11.6 Å². The van der Waals surface area contributed by atoms with E-state index in [1.165, 1.54) is 0 Å². The van der Waals surface area contributed by atoms with Gasteiger partial charge in [0.2, 0.25) is 0 Å². The van der Waals surface area contributed by atoms with E-state index in [1.54, 1.807) is 6.07 Å². The van der Waals surface area contributed by atoms with Crippen LogP contribution in [0.3, 0.4) is 0 Å². The summed E-state index contributed by atoms with van der Waals surface area (Å²) < 4.78 is 0. The van der Waals surface area contributed by atoms with Crippen LogP contribution in [0.4, 0.5) is 5.82 Å². The fourth-order valence-electron chi connectivity index (χ4n) is 2.94. The summed E-state index contributed by atoms with van der Waals surface area (Å²) in [4.78, 5) is 23.3. The summed E-state index contributed by atoms with van der Waals surface area (Å²) in [7, 11) is 0. The predicted octanol–water partition coefficient (Wildman–Crippen LogP) is 3.92. The van der Waals surface area contributed by atoms with Gasteiger partial charge in [-0.05, 0) is 43.4 Å². The van der Waals surface area contributed by atoms with Crippen LogP contribution in [-0.4, -0.2) is 33.9 Å². The second-order valence-electron chi connectivity index (χ2n) is 6.64. The first-order chi connectivity index (χ1) is 12.0. The molecule has 6 heteroatoms. The number of carbonyl (C=O) groups is 1. The lowest BCUT2D eigenvalue weighted by Gasteiger charge is -2.30. The zero-order chi connectivity index (χ0) is 17.8. The Morgan fingerprint density at radius 1 is 1.24 bits per heavy atom. The van der Waals surface area contributed by atoms with Gasteiger partial charge in [0.25, 0.3) is 5.91 Å². The van der Waals surface area contributed by atoms with Crippen molar-refractivity contribution in [3.05, 3.63) is 52.4 Å². The van der Waals surface area contributed by atoms with Gasteiger partial charge in [-0.15, -0.1) is 0 Å². The third-order valence-corrected chi connectivity index (χ3v) is 4.77.